The highest BCUT2D eigenvalue weighted by atomic mass is 32.2. The molecule has 23 heavy (non-hydrogen) atoms. The fourth-order valence-electron chi connectivity index (χ4n) is 3.40. The monoisotopic (exact) mass is 338 g/mol. The van der Waals surface area contributed by atoms with Crippen molar-refractivity contribution in [2.75, 3.05) is 32.4 Å². The molecule has 0 aliphatic carbocycles. The Bertz CT molecular complexity index is 686. The van der Waals surface area contributed by atoms with Crippen LogP contribution in [0.3, 0.4) is 0 Å². The van der Waals surface area contributed by atoms with Gasteiger partial charge in [0.15, 0.2) is 9.84 Å². The Hall–Kier alpha value is -1.70. The summed E-state index contributed by atoms with van der Waals surface area (Å²) < 4.78 is 23.9. The highest BCUT2D eigenvalue weighted by Gasteiger charge is 2.31. The maximum Gasteiger partial charge on any atom is 0.320 e. The second-order valence-electron chi connectivity index (χ2n) is 6.31. The van der Waals surface area contributed by atoms with Gasteiger partial charge >= 0.3 is 6.03 Å². The Morgan fingerprint density at radius 2 is 1.87 bits per heavy atom. The molecule has 126 valence electrons. The molecule has 1 atom stereocenters. The molecule has 0 bridgehead atoms. The van der Waals surface area contributed by atoms with Gasteiger partial charge in [0.05, 0.1) is 5.69 Å². The number of urea groups is 1. The van der Waals surface area contributed by atoms with E-state index in [0.29, 0.717) is 12.2 Å². The molecule has 2 amide bonds. The molecule has 0 radical (unpaired) electrons. The molecule has 7 nitrogen and oxygen atoms in total. The van der Waals surface area contributed by atoms with Crippen LogP contribution in [0.5, 0.6) is 0 Å². The molecular formula is C15H22N4O3S. The van der Waals surface area contributed by atoms with Crippen LogP contribution < -0.4 is 0 Å². The van der Waals surface area contributed by atoms with Gasteiger partial charge in [0.2, 0.25) is 0 Å². The number of carbonyl (C=O) groups is 1. The lowest BCUT2D eigenvalue weighted by atomic mass is 9.94. The molecule has 0 spiro atoms. The fourth-order valence-corrected chi connectivity index (χ4v) is 4.25. The second kappa shape index (κ2) is 6.43. The highest BCUT2D eigenvalue weighted by Crippen LogP contribution is 2.30. The number of sulfone groups is 1. The first-order valence-electron chi connectivity index (χ1n) is 8.00. The number of aromatic nitrogens is 2. The summed E-state index contributed by atoms with van der Waals surface area (Å²) >= 11 is 0. The zero-order valence-electron chi connectivity index (χ0n) is 13.3. The van der Waals surface area contributed by atoms with Gasteiger partial charge in [-0.25, -0.2) is 23.2 Å². The van der Waals surface area contributed by atoms with Crippen LogP contribution in [0.4, 0.5) is 4.79 Å². The minimum absolute atomic E-state index is 0.0528. The van der Waals surface area contributed by atoms with Crippen molar-refractivity contribution in [1.82, 2.24) is 19.8 Å². The Morgan fingerprint density at radius 3 is 2.57 bits per heavy atom. The summed E-state index contributed by atoms with van der Waals surface area (Å²) in [6, 6.07) is 0.0714. The Labute approximate surface area is 136 Å². The first-order chi connectivity index (χ1) is 11.0. The van der Waals surface area contributed by atoms with E-state index in [1.54, 1.807) is 0 Å². The average Bonchev–Trinajstić information content (AvgIpc) is 3.08. The van der Waals surface area contributed by atoms with E-state index in [1.165, 1.54) is 18.8 Å². The predicted molar refractivity (Wildman–Crippen MR) is 84.9 cm³/mol. The van der Waals surface area contributed by atoms with Gasteiger partial charge in [-0.05, 0) is 25.7 Å². The van der Waals surface area contributed by atoms with Crippen LogP contribution in [-0.4, -0.2) is 66.7 Å². The van der Waals surface area contributed by atoms with Gasteiger partial charge in [-0.2, -0.15) is 0 Å². The van der Waals surface area contributed by atoms with Gasteiger partial charge in [-0.1, -0.05) is 0 Å². The van der Waals surface area contributed by atoms with Crippen molar-refractivity contribution < 1.29 is 13.2 Å². The molecule has 3 heterocycles. The quantitative estimate of drug-likeness (QED) is 0.811. The van der Waals surface area contributed by atoms with Crippen LogP contribution in [0.15, 0.2) is 17.4 Å². The normalized spacial score (nSPS) is 22.4. The van der Waals surface area contributed by atoms with E-state index in [9.17, 15) is 13.2 Å². The van der Waals surface area contributed by atoms with Gasteiger partial charge < -0.3 is 9.80 Å². The smallest absolute Gasteiger partial charge is 0.320 e. The molecule has 2 aliphatic rings. The summed E-state index contributed by atoms with van der Waals surface area (Å²) in [5.74, 6) is -0.0528. The molecule has 2 aliphatic heterocycles. The third-order valence-electron chi connectivity index (χ3n) is 4.56. The maximum atomic E-state index is 12.6. The first-order valence-corrected chi connectivity index (χ1v) is 9.90. The molecular weight excluding hydrogens is 316 g/mol. The lowest BCUT2D eigenvalue weighted by Crippen LogP contribution is -2.46. The maximum absolute atomic E-state index is 12.6. The van der Waals surface area contributed by atoms with Crippen LogP contribution in [-0.2, 0) is 9.84 Å². The summed E-state index contributed by atoms with van der Waals surface area (Å²) in [5, 5.41) is 0. The fraction of sp³-hybridized carbons (Fsp3) is 0.667. The predicted octanol–water partition coefficient (Wildman–Crippen LogP) is 1.28. The highest BCUT2D eigenvalue weighted by molar-refractivity contribution is 7.90. The van der Waals surface area contributed by atoms with Crippen LogP contribution >= 0.6 is 0 Å². The number of carbonyl (C=O) groups excluding carboxylic acids is 1. The third-order valence-corrected chi connectivity index (χ3v) is 5.68. The number of piperidine rings is 1. The number of hydrogen-bond acceptors (Lipinski definition) is 5. The minimum Gasteiger partial charge on any atom is -0.325 e. The number of rotatable bonds is 2. The van der Waals surface area contributed by atoms with E-state index in [1.807, 2.05) is 9.80 Å². The van der Waals surface area contributed by atoms with Crippen molar-refractivity contribution in [2.45, 2.75) is 36.5 Å². The summed E-state index contributed by atoms with van der Waals surface area (Å²) in [6.45, 7) is 2.89. The van der Waals surface area contributed by atoms with Gasteiger partial charge in [0.1, 0.15) is 11.2 Å². The molecule has 3 rings (SSSR count). The van der Waals surface area contributed by atoms with Gasteiger partial charge in [0, 0.05) is 44.5 Å². The molecule has 0 saturated carbocycles. The first kappa shape index (κ1) is 16.2. The lowest BCUT2D eigenvalue weighted by molar-refractivity contribution is 0.146. The molecule has 0 aromatic carbocycles. The third kappa shape index (κ3) is 3.46. The Balaban J connectivity index is 1.80. The van der Waals surface area contributed by atoms with Crippen LogP contribution in [0.1, 0.15) is 37.3 Å². The molecule has 2 fully saturated rings. The largest absolute Gasteiger partial charge is 0.325 e. The Morgan fingerprint density at radius 1 is 1.17 bits per heavy atom. The van der Waals surface area contributed by atoms with Gasteiger partial charge in [0.25, 0.3) is 0 Å². The zero-order valence-corrected chi connectivity index (χ0v) is 14.1. The average molecular weight is 338 g/mol. The van der Waals surface area contributed by atoms with Crippen molar-refractivity contribution in [1.29, 1.82) is 0 Å². The topological polar surface area (TPSA) is 83.5 Å². The number of nitrogens with zero attached hydrogens (tertiary/aromatic N) is 4. The number of amides is 2. The van der Waals surface area contributed by atoms with Crippen LogP contribution in [0.2, 0.25) is 0 Å². The summed E-state index contributed by atoms with van der Waals surface area (Å²) in [4.78, 5) is 24.5. The van der Waals surface area contributed by atoms with Crippen molar-refractivity contribution >= 4 is 15.9 Å². The van der Waals surface area contributed by atoms with Crippen molar-refractivity contribution in [2.24, 2.45) is 0 Å². The number of likely N-dealkylation sites (tertiary alicyclic amines) is 2. The van der Waals surface area contributed by atoms with Gasteiger partial charge in [-0.3, -0.25) is 0 Å². The molecule has 8 heteroatoms. The van der Waals surface area contributed by atoms with Crippen molar-refractivity contribution in [3.8, 4) is 0 Å². The van der Waals surface area contributed by atoms with Crippen molar-refractivity contribution in [3.63, 3.8) is 0 Å². The van der Waals surface area contributed by atoms with E-state index in [2.05, 4.69) is 9.97 Å². The van der Waals surface area contributed by atoms with Crippen LogP contribution in [0.25, 0.3) is 0 Å². The summed E-state index contributed by atoms with van der Waals surface area (Å²) in [7, 11) is -3.38. The lowest BCUT2D eigenvalue weighted by Gasteiger charge is -2.35. The van der Waals surface area contributed by atoms with E-state index in [0.717, 1.165) is 45.3 Å². The van der Waals surface area contributed by atoms with E-state index in [-0.39, 0.29) is 16.8 Å². The van der Waals surface area contributed by atoms with E-state index >= 15 is 0 Å². The summed E-state index contributed by atoms with van der Waals surface area (Å²) in [6.07, 6.45) is 7.73. The van der Waals surface area contributed by atoms with Gasteiger partial charge in [-0.15, -0.1) is 0 Å². The standard InChI is InChI=1S/C15H22N4O3S/c1-23(21,22)13-9-16-11-17-14(13)12-5-4-8-19(10-12)15(20)18-6-2-3-7-18/h9,11-12H,2-8,10H2,1H3/t12-/m0/s1. The number of hydrogen-bond donors (Lipinski definition) is 0. The van der Waals surface area contributed by atoms with Crippen LogP contribution in [0, 0.1) is 0 Å². The Kier molecular flexibility index (Phi) is 4.52. The molecule has 0 N–H and O–H groups in total. The second-order valence-corrected chi connectivity index (χ2v) is 8.29. The zero-order chi connectivity index (χ0) is 16.4. The molecule has 1 aromatic heterocycles. The minimum atomic E-state index is -3.38. The summed E-state index contributed by atoms with van der Waals surface area (Å²) in [5.41, 5.74) is 0.543. The van der Waals surface area contributed by atoms with E-state index < -0.39 is 9.84 Å². The SMILES string of the molecule is CS(=O)(=O)c1cncnc1[C@H]1CCCN(C(=O)N2CCCC2)C1. The van der Waals surface area contributed by atoms with Crippen molar-refractivity contribution in [3.05, 3.63) is 18.2 Å². The molecule has 2 saturated heterocycles. The van der Waals surface area contributed by atoms with E-state index in [4.69, 9.17) is 0 Å². The molecule has 1 aromatic rings. The molecule has 0 unspecified atom stereocenters.